The zero-order valence-electron chi connectivity index (χ0n) is 10.9. The Bertz CT molecular complexity index is 611. The Morgan fingerprint density at radius 3 is 2.80 bits per heavy atom. The molecule has 0 unspecified atom stereocenters. The highest BCUT2D eigenvalue weighted by atomic mass is 16.5. The van der Waals surface area contributed by atoms with E-state index in [2.05, 4.69) is 4.98 Å². The van der Waals surface area contributed by atoms with Crippen LogP contribution in [0.2, 0.25) is 0 Å². The maximum atomic E-state index is 11.5. The summed E-state index contributed by atoms with van der Waals surface area (Å²) in [6.45, 7) is 2.03. The lowest BCUT2D eigenvalue weighted by molar-refractivity contribution is 0.0526. The van der Waals surface area contributed by atoms with Crippen LogP contribution in [0.4, 0.5) is 5.69 Å². The Kier molecular flexibility index (Phi) is 4.05. The Balaban J connectivity index is 2.15. The fraction of sp³-hybridized carbons (Fsp3) is 0.143. The van der Waals surface area contributed by atoms with Gasteiger partial charge >= 0.3 is 5.97 Å². The summed E-state index contributed by atoms with van der Waals surface area (Å²) in [4.78, 5) is 15.4. The lowest BCUT2D eigenvalue weighted by Crippen LogP contribution is -2.05. The SMILES string of the molecule is CCOC(=O)c1ccc(Oc2cccc(O)c2N)nc1. The van der Waals surface area contributed by atoms with Crippen LogP contribution in [0.1, 0.15) is 17.3 Å². The number of benzene rings is 1. The number of rotatable bonds is 4. The van der Waals surface area contributed by atoms with Gasteiger partial charge in [0, 0.05) is 12.3 Å². The number of esters is 1. The number of ether oxygens (including phenoxy) is 2. The summed E-state index contributed by atoms with van der Waals surface area (Å²) in [5.41, 5.74) is 6.14. The minimum atomic E-state index is -0.441. The fourth-order valence-electron chi connectivity index (χ4n) is 1.51. The highest BCUT2D eigenvalue weighted by Crippen LogP contribution is 2.32. The number of anilines is 1. The summed E-state index contributed by atoms with van der Waals surface area (Å²) in [6, 6.07) is 7.73. The van der Waals surface area contributed by atoms with E-state index >= 15 is 0 Å². The molecular weight excluding hydrogens is 260 g/mol. The van der Waals surface area contributed by atoms with Crippen LogP contribution in [-0.4, -0.2) is 22.7 Å². The van der Waals surface area contributed by atoms with Crippen molar-refractivity contribution in [3.63, 3.8) is 0 Å². The molecule has 6 heteroatoms. The third kappa shape index (κ3) is 2.97. The Morgan fingerprint density at radius 2 is 2.15 bits per heavy atom. The van der Waals surface area contributed by atoms with Crippen molar-refractivity contribution in [3.8, 4) is 17.4 Å². The van der Waals surface area contributed by atoms with Crippen LogP contribution in [0.3, 0.4) is 0 Å². The second kappa shape index (κ2) is 5.92. The summed E-state index contributed by atoms with van der Waals surface area (Å²) in [5.74, 6) is 0.0470. The molecule has 0 radical (unpaired) electrons. The van der Waals surface area contributed by atoms with Gasteiger partial charge in [0.2, 0.25) is 5.88 Å². The number of carbonyl (C=O) groups is 1. The highest BCUT2D eigenvalue weighted by Gasteiger charge is 2.09. The molecule has 0 aliphatic rings. The lowest BCUT2D eigenvalue weighted by atomic mass is 10.2. The normalized spacial score (nSPS) is 10.1. The third-order valence-corrected chi connectivity index (χ3v) is 2.51. The molecule has 1 aromatic carbocycles. The summed E-state index contributed by atoms with van der Waals surface area (Å²) in [5, 5.41) is 9.47. The molecular formula is C14H14N2O4. The first-order valence-corrected chi connectivity index (χ1v) is 6.00. The van der Waals surface area contributed by atoms with Gasteiger partial charge in [0.05, 0.1) is 12.2 Å². The second-order valence-corrected chi connectivity index (χ2v) is 3.90. The molecule has 20 heavy (non-hydrogen) atoms. The molecule has 0 fully saturated rings. The smallest absolute Gasteiger partial charge is 0.339 e. The summed E-state index contributed by atoms with van der Waals surface area (Å²) in [7, 11) is 0. The van der Waals surface area contributed by atoms with Crippen LogP contribution < -0.4 is 10.5 Å². The number of para-hydroxylation sites is 1. The van der Waals surface area contributed by atoms with Crippen LogP contribution >= 0.6 is 0 Å². The number of hydrogen-bond donors (Lipinski definition) is 2. The van der Waals surface area contributed by atoms with Gasteiger partial charge < -0.3 is 20.3 Å². The van der Waals surface area contributed by atoms with Gasteiger partial charge in [0.15, 0.2) is 5.75 Å². The molecule has 0 bridgehead atoms. The van der Waals surface area contributed by atoms with Gasteiger partial charge in [0.25, 0.3) is 0 Å². The van der Waals surface area contributed by atoms with E-state index in [0.717, 1.165) is 0 Å². The number of aromatic hydroxyl groups is 1. The van der Waals surface area contributed by atoms with Crippen LogP contribution in [-0.2, 0) is 4.74 Å². The maximum absolute atomic E-state index is 11.5. The van der Waals surface area contributed by atoms with Crippen molar-refractivity contribution in [2.24, 2.45) is 0 Å². The number of hydrogen-bond acceptors (Lipinski definition) is 6. The van der Waals surface area contributed by atoms with Crippen molar-refractivity contribution < 1.29 is 19.4 Å². The van der Waals surface area contributed by atoms with Gasteiger partial charge in [-0.15, -0.1) is 0 Å². The Labute approximate surface area is 115 Å². The molecule has 0 aliphatic heterocycles. The molecule has 0 atom stereocenters. The molecule has 2 aromatic rings. The van der Waals surface area contributed by atoms with Crippen molar-refractivity contribution in [3.05, 3.63) is 42.1 Å². The first-order chi connectivity index (χ1) is 9.61. The minimum Gasteiger partial charge on any atom is -0.506 e. The molecule has 6 nitrogen and oxygen atoms in total. The number of carbonyl (C=O) groups excluding carboxylic acids is 1. The van der Waals surface area contributed by atoms with Crippen LogP contribution in [0.15, 0.2) is 36.5 Å². The number of aromatic nitrogens is 1. The Morgan fingerprint density at radius 1 is 1.35 bits per heavy atom. The van der Waals surface area contributed by atoms with Crippen molar-refractivity contribution in [2.75, 3.05) is 12.3 Å². The average Bonchev–Trinajstić information content (AvgIpc) is 2.45. The number of nitrogens with zero attached hydrogens (tertiary/aromatic N) is 1. The van der Waals surface area contributed by atoms with Crippen LogP contribution in [0, 0.1) is 0 Å². The minimum absolute atomic E-state index is 0.0642. The molecule has 104 valence electrons. The van der Waals surface area contributed by atoms with E-state index in [1.807, 2.05) is 0 Å². The van der Waals surface area contributed by atoms with E-state index in [9.17, 15) is 9.90 Å². The molecule has 1 aromatic heterocycles. The molecule has 0 saturated heterocycles. The summed E-state index contributed by atoms with van der Waals surface area (Å²) >= 11 is 0. The summed E-state index contributed by atoms with van der Waals surface area (Å²) in [6.07, 6.45) is 1.35. The molecule has 0 saturated carbocycles. The second-order valence-electron chi connectivity index (χ2n) is 3.90. The molecule has 0 aliphatic carbocycles. The maximum Gasteiger partial charge on any atom is 0.339 e. The average molecular weight is 274 g/mol. The van der Waals surface area contributed by atoms with Crippen molar-refractivity contribution in [2.45, 2.75) is 6.92 Å². The fourth-order valence-corrected chi connectivity index (χ4v) is 1.51. The monoisotopic (exact) mass is 274 g/mol. The number of nitrogens with two attached hydrogens (primary N) is 1. The van der Waals surface area contributed by atoms with Gasteiger partial charge in [-0.1, -0.05) is 6.07 Å². The topological polar surface area (TPSA) is 94.7 Å². The van der Waals surface area contributed by atoms with Crippen LogP contribution in [0.5, 0.6) is 17.4 Å². The van der Waals surface area contributed by atoms with E-state index in [1.165, 1.54) is 18.3 Å². The predicted octanol–water partition coefficient (Wildman–Crippen LogP) is 2.34. The van der Waals surface area contributed by atoms with Crippen molar-refractivity contribution >= 4 is 11.7 Å². The molecule has 1 heterocycles. The van der Waals surface area contributed by atoms with Gasteiger partial charge in [0.1, 0.15) is 11.4 Å². The van der Waals surface area contributed by atoms with Gasteiger partial charge in [-0.25, -0.2) is 9.78 Å². The summed E-state index contributed by atoms with van der Waals surface area (Å²) < 4.78 is 10.3. The zero-order valence-corrected chi connectivity index (χ0v) is 10.9. The largest absolute Gasteiger partial charge is 0.506 e. The predicted molar refractivity (Wildman–Crippen MR) is 72.8 cm³/mol. The van der Waals surface area contributed by atoms with Crippen molar-refractivity contribution in [1.29, 1.82) is 0 Å². The number of nitrogen functional groups attached to an aromatic ring is 1. The van der Waals surface area contributed by atoms with E-state index in [-0.39, 0.29) is 17.3 Å². The van der Waals surface area contributed by atoms with E-state index in [1.54, 1.807) is 25.1 Å². The lowest BCUT2D eigenvalue weighted by Gasteiger charge is -2.08. The van der Waals surface area contributed by atoms with E-state index in [0.29, 0.717) is 17.9 Å². The standard InChI is InChI=1S/C14H14N2O4/c1-2-19-14(18)9-6-7-12(16-8-9)20-11-5-3-4-10(17)13(11)15/h3-8,17H,2,15H2,1H3. The zero-order chi connectivity index (χ0) is 14.5. The first kappa shape index (κ1) is 13.7. The van der Waals surface area contributed by atoms with E-state index < -0.39 is 5.97 Å². The number of pyridine rings is 1. The third-order valence-electron chi connectivity index (χ3n) is 2.51. The molecule has 0 spiro atoms. The quantitative estimate of drug-likeness (QED) is 0.505. The number of phenolic OH excluding ortho intramolecular Hbond substituents is 1. The highest BCUT2D eigenvalue weighted by molar-refractivity contribution is 5.89. The molecule has 2 rings (SSSR count). The van der Waals surface area contributed by atoms with Crippen molar-refractivity contribution in [1.82, 2.24) is 4.98 Å². The first-order valence-electron chi connectivity index (χ1n) is 6.00. The Hall–Kier alpha value is -2.76. The number of phenols is 1. The molecule has 3 N–H and O–H groups in total. The van der Waals surface area contributed by atoms with E-state index in [4.69, 9.17) is 15.2 Å². The molecule has 0 amide bonds. The van der Waals surface area contributed by atoms with Gasteiger partial charge in [-0.3, -0.25) is 0 Å². The van der Waals surface area contributed by atoms with Gasteiger partial charge in [-0.05, 0) is 25.1 Å². The van der Waals surface area contributed by atoms with Crippen LogP contribution in [0.25, 0.3) is 0 Å². The van der Waals surface area contributed by atoms with Gasteiger partial charge in [-0.2, -0.15) is 0 Å².